The van der Waals surface area contributed by atoms with Gasteiger partial charge >= 0.3 is 0 Å². The Bertz CT molecular complexity index is 319. The molecule has 0 aromatic carbocycles. The quantitative estimate of drug-likeness (QED) is 0.677. The summed E-state index contributed by atoms with van der Waals surface area (Å²) in [6.45, 7) is 3.65. The molecule has 2 atom stereocenters. The second-order valence-corrected chi connectivity index (χ2v) is 3.86. The third-order valence-electron chi connectivity index (χ3n) is 2.61. The van der Waals surface area contributed by atoms with Crippen molar-refractivity contribution in [2.45, 2.75) is 19.4 Å². The monoisotopic (exact) mass is 224 g/mol. The van der Waals surface area contributed by atoms with Crippen molar-refractivity contribution in [1.29, 1.82) is 0 Å². The highest BCUT2D eigenvalue weighted by Crippen LogP contribution is 2.28. The largest absolute Gasteiger partial charge is 0.486 e. The van der Waals surface area contributed by atoms with Crippen molar-refractivity contribution in [2.24, 2.45) is 5.92 Å². The summed E-state index contributed by atoms with van der Waals surface area (Å²) in [6.07, 6.45) is 5.12. The van der Waals surface area contributed by atoms with Gasteiger partial charge in [0, 0.05) is 18.9 Å². The van der Waals surface area contributed by atoms with Crippen LogP contribution >= 0.6 is 0 Å². The molecule has 0 bridgehead atoms. The van der Waals surface area contributed by atoms with E-state index >= 15 is 0 Å². The van der Waals surface area contributed by atoms with Gasteiger partial charge in [0.25, 0.3) is 0 Å². The number of hydrogen-bond donors (Lipinski definition) is 0. The number of carbonyl (C=O) groups is 1. The lowest BCUT2D eigenvalue weighted by Gasteiger charge is -2.30. The van der Waals surface area contributed by atoms with Gasteiger partial charge in [-0.25, -0.2) is 0 Å². The van der Waals surface area contributed by atoms with Gasteiger partial charge in [-0.15, -0.1) is 0 Å². The van der Waals surface area contributed by atoms with E-state index in [9.17, 15) is 4.79 Å². The Morgan fingerprint density at radius 2 is 2.50 bits per heavy atom. The van der Waals surface area contributed by atoms with Crippen LogP contribution in [0.25, 0.3) is 0 Å². The molecule has 4 nitrogen and oxygen atoms in total. The van der Waals surface area contributed by atoms with E-state index in [1.165, 1.54) is 0 Å². The second kappa shape index (κ2) is 5.16. The van der Waals surface area contributed by atoms with Crippen LogP contribution in [0.1, 0.15) is 13.3 Å². The molecule has 0 saturated carbocycles. The maximum absolute atomic E-state index is 10.7. The Labute approximate surface area is 94.9 Å². The van der Waals surface area contributed by atoms with E-state index in [1.807, 2.05) is 19.1 Å². The molecule has 4 heteroatoms. The molecule has 2 unspecified atom stereocenters. The van der Waals surface area contributed by atoms with E-state index in [0.29, 0.717) is 26.2 Å². The van der Waals surface area contributed by atoms with Crippen LogP contribution in [-0.4, -0.2) is 32.2 Å². The van der Waals surface area contributed by atoms with Crippen LogP contribution in [0.2, 0.25) is 0 Å². The van der Waals surface area contributed by atoms with Gasteiger partial charge in [0.05, 0.1) is 6.61 Å². The lowest BCUT2D eigenvalue weighted by Crippen LogP contribution is -2.31. The van der Waals surface area contributed by atoms with Crippen LogP contribution in [0.15, 0.2) is 23.7 Å². The molecule has 1 aliphatic carbocycles. The van der Waals surface area contributed by atoms with Gasteiger partial charge in [0.2, 0.25) is 0 Å². The highest BCUT2D eigenvalue weighted by molar-refractivity contribution is 5.58. The molecular formula is C12H16O4. The van der Waals surface area contributed by atoms with E-state index in [1.54, 1.807) is 0 Å². The summed E-state index contributed by atoms with van der Waals surface area (Å²) in [6, 6.07) is 0. The molecule has 16 heavy (non-hydrogen) atoms. The lowest BCUT2D eigenvalue weighted by molar-refractivity contribution is -0.110. The molecule has 0 saturated heterocycles. The number of hydrogen-bond acceptors (Lipinski definition) is 4. The highest BCUT2D eigenvalue weighted by Gasteiger charge is 2.26. The van der Waals surface area contributed by atoms with Crippen molar-refractivity contribution in [1.82, 2.24) is 0 Å². The second-order valence-electron chi connectivity index (χ2n) is 3.86. The molecule has 2 rings (SSSR count). The van der Waals surface area contributed by atoms with Crippen molar-refractivity contribution in [3.05, 3.63) is 23.7 Å². The Kier molecular flexibility index (Phi) is 3.62. The molecule has 2 aliphatic rings. The minimum atomic E-state index is -0.0896. The molecule has 0 N–H and O–H groups in total. The van der Waals surface area contributed by atoms with Gasteiger partial charge in [-0.1, -0.05) is 6.08 Å². The van der Waals surface area contributed by atoms with E-state index in [4.69, 9.17) is 14.2 Å². The summed E-state index contributed by atoms with van der Waals surface area (Å²) in [7, 11) is 0. The fourth-order valence-corrected chi connectivity index (χ4v) is 1.76. The first-order valence-corrected chi connectivity index (χ1v) is 5.57. The standard InChI is InChI=1S/C12H16O4/c1-2-14-7-10-8-15-11-4-3-9(6-13)5-12(11)16-10/h3-4,6,9-10H,2,5,7-8H2,1H3. The SMILES string of the molecule is CCOCC1COC2=C(CC(C=O)C=C2)O1. The first-order chi connectivity index (χ1) is 7.83. The normalized spacial score (nSPS) is 28.1. The zero-order valence-corrected chi connectivity index (χ0v) is 9.35. The van der Waals surface area contributed by atoms with Crippen LogP contribution in [-0.2, 0) is 19.0 Å². The Balaban J connectivity index is 1.96. The average Bonchev–Trinajstić information content (AvgIpc) is 2.35. The summed E-state index contributed by atoms with van der Waals surface area (Å²) in [5.74, 6) is 1.44. The number of allylic oxidation sites excluding steroid dienone is 3. The zero-order valence-electron chi connectivity index (χ0n) is 9.35. The average molecular weight is 224 g/mol. The number of aldehydes is 1. The molecule has 1 heterocycles. The van der Waals surface area contributed by atoms with Gasteiger partial charge in [-0.3, -0.25) is 0 Å². The Morgan fingerprint density at radius 3 is 3.25 bits per heavy atom. The fourth-order valence-electron chi connectivity index (χ4n) is 1.76. The van der Waals surface area contributed by atoms with Gasteiger partial charge < -0.3 is 19.0 Å². The first-order valence-electron chi connectivity index (χ1n) is 5.57. The van der Waals surface area contributed by atoms with Crippen LogP contribution in [0, 0.1) is 5.92 Å². The molecule has 1 aliphatic heterocycles. The van der Waals surface area contributed by atoms with Crippen molar-refractivity contribution in [2.75, 3.05) is 19.8 Å². The predicted octanol–water partition coefficient (Wildman–Crippen LogP) is 1.42. The first kappa shape index (κ1) is 11.2. The van der Waals surface area contributed by atoms with Crippen LogP contribution in [0.3, 0.4) is 0 Å². The Hall–Kier alpha value is -1.29. The third kappa shape index (κ3) is 2.44. The molecule has 0 aromatic heterocycles. The van der Waals surface area contributed by atoms with Crippen LogP contribution < -0.4 is 0 Å². The third-order valence-corrected chi connectivity index (χ3v) is 2.61. The van der Waals surface area contributed by atoms with Crippen molar-refractivity contribution in [3.8, 4) is 0 Å². The molecule has 0 fully saturated rings. The smallest absolute Gasteiger partial charge is 0.156 e. The molecule has 0 amide bonds. The maximum Gasteiger partial charge on any atom is 0.156 e. The Morgan fingerprint density at radius 1 is 1.62 bits per heavy atom. The van der Waals surface area contributed by atoms with E-state index in [0.717, 1.165) is 17.8 Å². The van der Waals surface area contributed by atoms with Gasteiger partial charge in [0.1, 0.15) is 18.7 Å². The van der Waals surface area contributed by atoms with Crippen molar-refractivity contribution in [3.63, 3.8) is 0 Å². The van der Waals surface area contributed by atoms with Crippen molar-refractivity contribution >= 4 is 6.29 Å². The molecule has 0 radical (unpaired) electrons. The van der Waals surface area contributed by atoms with Gasteiger partial charge in [-0.05, 0) is 13.0 Å². The minimum Gasteiger partial charge on any atom is -0.486 e. The highest BCUT2D eigenvalue weighted by atomic mass is 16.6. The summed E-state index contributed by atoms with van der Waals surface area (Å²) in [4.78, 5) is 10.7. The van der Waals surface area contributed by atoms with E-state index < -0.39 is 0 Å². The minimum absolute atomic E-state index is 0.0579. The number of rotatable bonds is 4. The predicted molar refractivity (Wildman–Crippen MR) is 57.7 cm³/mol. The topological polar surface area (TPSA) is 44.8 Å². The molecular weight excluding hydrogens is 208 g/mol. The fraction of sp³-hybridized carbons (Fsp3) is 0.583. The van der Waals surface area contributed by atoms with Crippen LogP contribution in [0.4, 0.5) is 0 Å². The summed E-state index contributed by atoms with van der Waals surface area (Å²) in [5, 5.41) is 0. The zero-order chi connectivity index (χ0) is 11.4. The van der Waals surface area contributed by atoms with Gasteiger partial charge in [-0.2, -0.15) is 0 Å². The lowest BCUT2D eigenvalue weighted by atomic mass is 9.99. The summed E-state index contributed by atoms with van der Waals surface area (Å²) in [5.41, 5.74) is 0. The maximum atomic E-state index is 10.7. The van der Waals surface area contributed by atoms with Gasteiger partial charge in [0.15, 0.2) is 11.9 Å². The van der Waals surface area contributed by atoms with Crippen molar-refractivity contribution < 1.29 is 19.0 Å². The number of ether oxygens (including phenoxy) is 3. The summed E-state index contributed by atoms with van der Waals surface area (Å²) >= 11 is 0. The van der Waals surface area contributed by atoms with E-state index in [-0.39, 0.29) is 12.0 Å². The van der Waals surface area contributed by atoms with E-state index in [2.05, 4.69) is 0 Å². The van der Waals surface area contributed by atoms with Crippen LogP contribution in [0.5, 0.6) is 0 Å². The summed E-state index contributed by atoms with van der Waals surface area (Å²) < 4.78 is 16.6. The molecule has 88 valence electrons. The molecule has 0 aromatic rings. The molecule has 0 spiro atoms. The number of carbonyl (C=O) groups excluding carboxylic acids is 1.